The molecule has 0 aromatic carbocycles. The van der Waals surface area contributed by atoms with Gasteiger partial charge in [-0.25, -0.2) is 0 Å². The molecule has 1 amide bonds. The van der Waals surface area contributed by atoms with Crippen molar-refractivity contribution >= 4 is 17.5 Å². The normalized spacial score (nSPS) is 19.8. The molecule has 0 radical (unpaired) electrons. The Morgan fingerprint density at radius 1 is 1.63 bits per heavy atom. The molecule has 1 atom stereocenters. The summed E-state index contributed by atoms with van der Waals surface area (Å²) in [5, 5.41) is 13.8. The van der Waals surface area contributed by atoms with Crippen LogP contribution in [0.25, 0.3) is 0 Å². The number of aryl methyl sites for hydroxylation is 2. The number of morpholine rings is 1. The minimum atomic E-state index is -0.289. The van der Waals surface area contributed by atoms with E-state index in [4.69, 9.17) is 21.4 Å². The van der Waals surface area contributed by atoms with Crippen molar-refractivity contribution in [3.05, 3.63) is 16.4 Å². The second-order valence-electron chi connectivity index (χ2n) is 4.67. The van der Waals surface area contributed by atoms with Gasteiger partial charge in [-0.2, -0.15) is 5.10 Å². The number of carbonyl (C=O) groups excluding carboxylic acids is 1. The summed E-state index contributed by atoms with van der Waals surface area (Å²) >= 11 is 6.12. The summed E-state index contributed by atoms with van der Waals surface area (Å²) in [6, 6.07) is 0. The molecule has 1 aromatic heterocycles. The average molecular weight is 288 g/mol. The van der Waals surface area contributed by atoms with Crippen LogP contribution in [-0.2, 0) is 23.0 Å². The number of hydrogen-bond acceptors (Lipinski definition) is 4. The predicted octanol–water partition coefficient (Wildman–Crippen LogP) is 0.144. The highest BCUT2D eigenvalue weighted by molar-refractivity contribution is 6.30. The molecule has 2 heterocycles. The van der Waals surface area contributed by atoms with Crippen molar-refractivity contribution < 1.29 is 14.6 Å². The molecule has 0 bridgehead atoms. The highest BCUT2D eigenvalue weighted by atomic mass is 35.5. The van der Waals surface area contributed by atoms with Gasteiger partial charge in [-0.1, -0.05) is 11.6 Å². The van der Waals surface area contributed by atoms with Crippen LogP contribution in [0.2, 0.25) is 5.15 Å². The number of halogens is 1. The monoisotopic (exact) mass is 287 g/mol. The fourth-order valence-electron chi connectivity index (χ4n) is 2.19. The number of aliphatic hydroxyl groups excluding tert-OH is 1. The number of aromatic nitrogens is 2. The summed E-state index contributed by atoms with van der Waals surface area (Å²) in [5.41, 5.74) is 1.54. The number of nitrogens with zero attached hydrogens (tertiary/aromatic N) is 3. The van der Waals surface area contributed by atoms with Gasteiger partial charge in [0.2, 0.25) is 5.91 Å². The molecule has 0 saturated carbocycles. The van der Waals surface area contributed by atoms with Crippen LogP contribution in [0.3, 0.4) is 0 Å². The lowest BCUT2D eigenvalue weighted by molar-refractivity contribution is -0.139. The number of amides is 1. The second-order valence-corrected chi connectivity index (χ2v) is 5.03. The van der Waals surface area contributed by atoms with E-state index < -0.39 is 0 Å². The van der Waals surface area contributed by atoms with Crippen LogP contribution in [0.1, 0.15) is 11.3 Å². The van der Waals surface area contributed by atoms with Crippen molar-refractivity contribution in [1.82, 2.24) is 14.7 Å². The number of aliphatic hydroxyl groups is 1. The van der Waals surface area contributed by atoms with Crippen LogP contribution in [0.15, 0.2) is 0 Å². The lowest BCUT2D eigenvalue weighted by Gasteiger charge is -2.32. The lowest BCUT2D eigenvalue weighted by Crippen LogP contribution is -2.47. The fourth-order valence-corrected chi connectivity index (χ4v) is 2.44. The van der Waals surface area contributed by atoms with Gasteiger partial charge >= 0.3 is 0 Å². The van der Waals surface area contributed by atoms with Crippen LogP contribution in [-0.4, -0.2) is 58.1 Å². The molecule has 1 saturated heterocycles. The van der Waals surface area contributed by atoms with Gasteiger partial charge in [0.05, 0.1) is 31.4 Å². The lowest BCUT2D eigenvalue weighted by atomic mass is 10.1. The van der Waals surface area contributed by atoms with Crippen molar-refractivity contribution in [2.45, 2.75) is 19.4 Å². The third-order valence-corrected chi connectivity index (χ3v) is 3.77. The quantitative estimate of drug-likeness (QED) is 0.859. The van der Waals surface area contributed by atoms with E-state index in [0.29, 0.717) is 24.8 Å². The van der Waals surface area contributed by atoms with E-state index in [2.05, 4.69) is 5.10 Å². The van der Waals surface area contributed by atoms with Crippen molar-refractivity contribution in [3.8, 4) is 0 Å². The molecule has 7 heteroatoms. The zero-order valence-corrected chi connectivity index (χ0v) is 11.9. The van der Waals surface area contributed by atoms with E-state index in [1.807, 2.05) is 6.92 Å². The number of carbonyl (C=O) groups is 1. The first-order chi connectivity index (χ1) is 9.02. The van der Waals surface area contributed by atoms with Crippen molar-refractivity contribution in [1.29, 1.82) is 0 Å². The van der Waals surface area contributed by atoms with E-state index in [1.165, 1.54) is 0 Å². The zero-order valence-electron chi connectivity index (χ0n) is 11.1. The summed E-state index contributed by atoms with van der Waals surface area (Å²) < 4.78 is 6.89. The Kier molecular flexibility index (Phi) is 4.44. The molecule has 1 N–H and O–H groups in total. The van der Waals surface area contributed by atoms with E-state index in [-0.39, 0.29) is 25.0 Å². The zero-order chi connectivity index (χ0) is 14.0. The smallest absolute Gasteiger partial charge is 0.227 e. The number of hydrogen-bond donors (Lipinski definition) is 1. The highest BCUT2D eigenvalue weighted by Crippen LogP contribution is 2.20. The van der Waals surface area contributed by atoms with Gasteiger partial charge in [-0.05, 0) is 6.92 Å². The molecule has 6 nitrogen and oxygen atoms in total. The summed E-state index contributed by atoms with van der Waals surface area (Å²) in [7, 11) is 1.75. The van der Waals surface area contributed by atoms with E-state index in [0.717, 1.165) is 11.3 Å². The standard InChI is InChI=1S/C12H18ClN3O3/c1-8-10(12(13)15(2)14-8)5-11(18)16-3-4-19-9(6-16)7-17/h9,17H,3-7H2,1-2H3. The molecular formula is C12H18ClN3O3. The Hall–Kier alpha value is -1.11. The molecule has 0 spiro atoms. The third kappa shape index (κ3) is 3.08. The van der Waals surface area contributed by atoms with Crippen LogP contribution in [0.5, 0.6) is 0 Å². The molecule has 106 valence electrons. The minimum absolute atomic E-state index is 0.0141. The molecule has 0 aliphatic carbocycles. The highest BCUT2D eigenvalue weighted by Gasteiger charge is 2.25. The van der Waals surface area contributed by atoms with Gasteiger partial charge in [-0.3, -0.25) is 9.48 Å². The predicted molar refractivity (Wildman–Crippen MR) is 70.1 cm³/mol. The van der Waals surface area contributed by atoms with Gasteiger partial charge in [0, 0.05) is 25.7 Å². The first kappa shape index (κ1) is 14.3. The summed E-state index contributed by atoms with van der Waals surface area (Å²) in [6.07, 6.45) is -0.0559. The molecule has 1 aliphatic heterocycles. The van der Waals surface area contributed by atoms with Crippen molar-refractivity contribution in [2.75, 3.05) is 26.3 Å². The van der Waals surface area contributed by atoms with Crippen LogP contribution in [0.4, 0.5) is 0 Å². The van der Waals surface area contributed by atoms with E-state index in [9.17, 15) is 4.79 Å². The molecule has 1 unspecified atom stereocenters. The minimum Gasteiger partial charge on any atom is -0.394 e. The first-order valence-corrected chi connectivity index (χ1v) is 6.59. The maximum Gasteiger partial charge on any atom is 0.227 e. The molecule has 2 rings (SSSR count). The Morgan fingerprint density at radius 3 is 2.95 bits per heavy atom. The van der Waals surface area contributed by atoms with Gasteiger partial charge in [0.1, 0.15) is 5.15 Å². The summed E-state index contributed by atoms with van der Waals surface area (Å²) in [6.45, 7) is 3.19. The van der Waals surface area contributed by atoms with Crippen molar-refractivity contribution in [2.24, 2.45) is 7.05 Å². The van der Waals surface area contributed by atoms with E-state index >= 15 is 0 Å². The second kappa shape index (κ2) is 5.90. The SMILES string of the molecule is Cc1nn(C)c(Cl)c1CC(=O)N1CCOC(CO)C1. The van der Waals surface area contributed by atoms with Gasteiger partial charge in [0.15, 0.2) is 0 Å². The Balaban J connectivity index is 2.04. The molecule has 19 heavy (non-hydrogen) atoms. The number of rotatable bonds is 3. The third-order valence-electron chi connectivity index (χ3n) is 3.29. The molecule has 1 aromatic rings. The average Bonchev–Trinajstić information content (AvgIpc) is 2.65. The largest absolute Gasteiger partial charge is 0.394 e. The van der Waals surface area contributed by atoms with Crippen LogP contribution < -0.4 is 0 Å². The van der Waals surface area contributed by atoms with Crippen LogP contribution in [0, 0.1) is 6.92 Å². The fraction of sp³-hybridized carbons (Fsp3) is 0.667. The van der Waals surface area contributed by atoms with Crippen LogP contribution >= 0.6 is 11.6 Å². The van der Waals surface area contributed by atoms with Crippen molar-refractivity contribution in [3.63, 3.8) is 0 Å². The molecular weight excluding hydrogens is 270 g/mol. The maximum atomic E-state index is 12.2. The molecule has 1 aliphatic rings. The first-order valence-electron chi connectivity index (χ1n) is 6.21. The van der Waals surface area contributed by atoms with Gasteiger partial charge < -0.3 is 14.7 Å². The van der Waals surface area contributed by atoms with E-state index in [1.54, 1.807) is 16.6 Å². The van der Waals surface area contributed by atoms with Gasteiger partial charge in [-0.15, -0.1) is 0 Å². The Labute approximate surface area is 116 Å². The maximum absolute atomic E-state index is 12.2. The Morgan fingerprint density at radius 2 is 2.37 bits per heavy atom. The summed E-state index contributed by atoms with van der Waals surface area (Å²) in [5.74, 6) is -0.0141. The summed E-state index contributed by atoms with van der Waals surface area (Å²) in [4.78, 5) is 13.9. The Bertz CT molecular complexity index is 475. The van der Waals surface area contributed by atoms with Gasteiger partial charge in [0.25, 0.3) is 0 Å². The topological polar surface area (TPSA) is 67.6 Å². The number of ether oxygens (including phenoxy) is 1. The molecule has 1 fully saturated rings.